The monoisotopic (exact) mass is 299 g/mol. The largest absolute Gasteiger partial charge is 0.441 e. The highest BCUT2D eigenvalue weighted by Crippen LogP contribution is 2.23. The van der Waals surface area contributed by atoms with Crippen LogP contribution >= 0.6 is 0 Å². The van der Waals surface area contributed by atoms with E-state index in [1.165, 1.54) is 0 Å². The van der Waals surface area contributed by atoms with Gasteiger partial charge in [-0.2, -0.15) is 0 Å². The third kappa shape index (κ3) is 2.90. The second-order valence-electron chi connectivity index (χ2n) is 5.67. The first-order valence-corrected chi connectivity index (χ1v) is 7.68. The van der Waals surface area contributed by atoms with Gasteiger partial charge in [-0.15, -0.1) is 0 Å². The molecule has 5 nitrogen and oxygen atoms in total. The van der Waals surface area contributed by atoms with Crippen molar-refractivity contribution in [1.82, 2.24) is 15.2 Å². The molecule has 2 heterocycles. The SMILES string of the molecule is CNC1CCCN(C(=O)c2nc(-c3ccccc3)oc2C)C1. The van der Waals surface area contributed by atoms with E-state index in [2.05, 4.69) is 10.3 Å². The van der Waals surface area contributed by atoms with Crippen LogP contribution in [0.4, 0.5) is 0 Å². The van der Waals surface area contributed by atoms with Gasteiger partial charge in [-0.3, -0.25) is 4.79 Å². The Hall–Kier alpha value is -2.14. The molecule has 1 unspecified atom stereocenters. The van der Waals surface area contributed by atoms with E-state index >= 15 is 0 Å². The van der Waals surface area contributed by atoms with Gasteiger partial charge in [-0.1, -0.05) is 18.2 Å². The van der Waals surface area contributed by atoms with Crippen LogP contribution in [0.1, 0.15) is 29.1 Å². The van der Waals surface area contributed by atoms with Crippen molar-refractivity contribution in [3.05, 3.63) is 41.8 Å². The number of nitrogens with zero attached hydrogens (tertiary/aromatic N) is 2. The number of nitrogens with one attached hydrogen (secondary N) is 1. The number of likely N-dealkylation sites (tertiary alicyclic amines) is 1. The average Bonchev–Trinajstić information content (AvgIpc) is 2.97. The Balaban J connectivity index is 1.83. The van der Waals surface area contributed by atoms with Gasteiger partial charge in [-0.25, -0.2) is 4.98 Å². The molecule has 2 aromatic rings. The predicted octanol–water partition coefficient (Wildman–Crippen LogP) is 2.47. The summed E-state index contributed by atoms with van der Waals surface area (Å²) < 4.78 is 5.69. The van der Waals surface area contributed by atoms with Gasteiger partial charge in [0.25, 0.3) is 5.91 Å². The molecule has 1 N–H and O–H groups in total. The fraction of sp³-hybridized carbons (Fsp3) is 0.412. The van der Waals surface area contributed by atoms with Gasteiger partial charge in [0.2, 0.25) is 5.89 Å². The highest BCUT2D eigenvalue weighted by molar-refractivity contribution is 5.93. The van der Waals surface area contributed by atoms with Gasteiger partial charge < -0.3 is 14.6 Å². The third-order valence-corrected chi connectivity index (χ3v) is 4.14. The summed E-state index contributed by atoms with van der Waals surface area (Å²) in [6.07, 6.45) is 2.12. The van der Waals surface area contributed by atoms with Crippen LogP contribution in [0, 0.1) is 6.92 Å². The van der Waals surface area contributed by atoms with Crippen molar-refractivity contribution in [2.24, 2.45) is 0 Å². The second kappa shape index (κ2) is 6.32. The zero-order chi connectivity index (χ0) is 15.5. The lowest BCUT2D eigenvalue weighted by molar-refractivity contribution is 0.0691. The number of oxazole rings is 1. The third-order valence-electron chi connectivity index (χ3n) is 4.14. The highest BCUT2D eigenvalue weighted by Gasteiger charge is 2.27. The van der Waals surface area contributed by atoms with E-state index in [0.29, 0.717) is 23.4 Å². The molecule has 1 aromatic carbocycles. The zero-order valence-electron chi connectivity index (χ0n) is 13.0. The van der Waals surface area contributed by atoms with Crippen molar-refractivity contribution < 1.29 is 9.21 Å². The Morgan fingerprint density at radius 2 is 2.14 bits per heavy atom. The first-order chi connectivity index (χ1) is 10.7. The Labute approximate surface area is 130 Å². The topological polar surface area (TPSA) is 58.4 Å². The second-order valence-corrected chi connectivity index (χ2v) is 5.67. The summed E-state index contributed by atoms with van der Waals surface area (Å²) in [5.74, 6) is 1.04. The number of piperidine rings is 1. The molecule has 1 fully saturated rings. The molecule has 1 atom stereocenters. The molecule has 3 rings (SSSR count). The Morgan fingerprint density at radius 1 is 1.36 bits per heavy atom. The van der Waals surface area contributed by atoms with Crippen molar-refractivity contribution in [3.8, 4) is 11.5 Å². The summed E-state index contributed by atoms with van der Waals surface area (Å²) in [7, 11) is 1.94. The maximum Gasteiger partial charge on any atom is 0.276 e. The fourth-order valence-electron chi connectivity index (χ4n) is 2.85. The van der Waals surface area contributed by atoms with Crippen molar-refractivity contribution in [2.45, 2.75) is 25.8 Å². The molecule has 22 heavy (non-hydrogen) atoms. The van der Waals surface area contributed by atoms with Gasteiger partial charge in [0.05, 0.1) is 0 Å². The first-order valence-electron chi connectivity index (χ1n) is 7.68. The number of aromatic nitrogens is 1. The minimum absolute atomic E-state index is 0.0385. The minimum Gasteiger partial charge on any atom is -0.441 e. The summed E-state index contributed by atoms with van der Waals surface area (Å²) in [5, 5.41) is 3.25. The molecule has 1 aliphatic heterocycles. The van der Waals surface area contributed by atoms with Crippen LogP contribution in [0.3, 0.4) is 0 Å². The van der Waals surface area contributed by atoms with Crippen molar-refractivity contribution in [1.29, 1.82) is 0 Å². The lowest BCUT2D eigenvalue weighted by atomic mass is 10.1. The minimum atomic E-state index is -0.0385. The Bertz CT molecular complexity index is 651. The molecule has 0 bridgehead atoms. The van der Waals surface area contributed by atoms with Crippen LogP contribution < -0.4 is 5.32 Å². The first kappa shape index (κ1) is 14.8. The molecule has 116 valence electrons. The van der Waals surface area contributed by atoms with Crippen molar-refractivity contribution in [3.63, 3.8) is 0 Å². The molecule has 0 saturated carbocycles. The molecular formula is C17H21N3O2. The molecule has 0 radical (unpaired) electrons. The number of carbonyl (C=O) groups excluding carboxylic acids is 1. The molecule has 1 aromatic heterocycles. The normalized spacial score (nSPS) is 18.5. The van der Waals surface area contributed by atoms with Crippen molar-refractivity contribution in [2.75, 3.05) is 20.1 Å². The highest BCUT2D eigenvalue weighted by atomic mass is 16.4. The van der Waals surface area contributed by atoms with Crippen LogP contribution in [0.15, 0.2) is 34.7 Å². The number of aryl methyl sites for hydroxylation is 1. The molecular weight excluding hydrogens is 278 g/mol. The van der Waals surface area contributed by atoms with Crippen molar-refractivity contribution >= 4 is 5.91 Å². The predicted molar refractivity (Wildman–Crippen MR) is 84.7 cm³/mol. The number of likely N-dealkylation sites (N-methyl/N-ethyl adjacent to an activating group) is 1. The van der Waals surface area contributed by atoms with Gasteiger partial charge in [0.15, 0.2) is 5.69 Å². The van der Waals surface area contributed by atoms with E-state index in [1.54, 1.807) is 6.92 Å². The number of rotatable bonds is 3. The molecule has 5 heteroatoms. The number of carbonyl (C=O) groups is 1. The average molecular weight is 299 g/mol. The number of amides is 1. The molecule has 0 spiro atoms. The Kier molecular flexibility index (Phi) is 4.24. The summed E-state index contributed by atoms with van der Waals surface area (Å²) in [5.41, 5.74) is 1.31. The fourth-order valence-corrected chi connectivity index (χ4v) is 2.85. The van der Waals surface area contributed by atoms with Crippen LogP contribution in [-0.4, -0.2) is 42.0 Å². The molecule has 1 aliphatic rings. The van der Waals surface area contributed by atoms with E-state index < -0.39 is 0 Å². The van der Waals surface area contributed by atoms with Crippen LogP contribution in [0.5, 0.6) is 0 Å². The van der Waals surface area contributed by atoms with E-state index in [0.717, 1.165) is 31.5 Å². The molecule has 1 amide bonds. The summed E-state index contributed by atoms with van der Waals surface area (Å²) in [4.78, 5) is 19.0. The van der Waals surface area contributed by atoms with E-state index in [4.69, 9.17) is 4.42 Å². The number of benzene rings is 1. The maximum absolute atomic E-state index is 12.7. The Morgan fingerprint density at radius 3 is 2.86 bits per heavy atom. The lowest BCUT2D eigenvalue weighted by Crippen LogP contribution is -2.47. The zero-order valence-corrected chi connectivity index (χ0v) is 13.0. The summed E-state index contributed by atoms with van der Waals surface area (Å²) in [6.45, 7) is 3.30. The molecule has 0 aliphatic carbocycles. The van der Waals surface area contributed by atoms with Gasteiger partial charge in [-0.05, 0) is 38.9 Å². The van der Waals surface area contributed by atoms with Crippen LogP contribution in [0.2, 0.25) is 0 Å². The maximum atomic E-state index is 12.7. The van der Waals surface area contributed by atoms with Gasteiger partial charge >= 0.3 is 0 Å². The van der Waals surface area contributed by atoms with Gasteiger partial charge in [0.1, 0.15) is 5.76 Å². The lowest BCUT2D eigenvalue weighted by Gasteiger charge is -2.32. The van der Waals surface area contributed by atoms with E-state index in [1.807, 2.05) is 42.3 Å². The number of hydrogen-bond donors (Lipinski definition) is 1. The van der Waals surface area contributed by atoms with Gasteiger partial charge in [0, 0.05) is 24.7 Å². The molecule has 1 saturated heterocycles. The smallest absolute Gasteiger partial charge is 0.276 e. The van der Waals surface area contributed by atoms with Crippen LogP contribution in [0.25, 0.3) is 11.5 Å². The van der Waals surface area contributed by atoms with E-state index in [-0.39, 0.29) is 5.91 Å². The standard InChI is InChI=1S/C17H21N3O2/c1-12-15(17(21)20-10-6-9-14(11-20)18-2)19-16(22-12)13-7-4-3-5-8-13/h3-5,7-8,14,18H,6,9-11H2,1-2H3. The number of hydrogen-bond acceptors (Lipinski definition) is 4. The van der Waals surface area contributed by atoms with E-state index in [9.17, 15) is 4.79 Å². The van der Waals surface area contributed by atoms with Crippen LogP contribution in [-0.2, 0) is 0 Å². The summed E-state index contributed by atoms with van der Waals surface area (Å²) in [6, 6.07) is 10.0. The quantitative estimate of drug-likeness (QED) is 0.946. The summed E-state index contributed by atoms with van der Waals surface area (Å²) >= 11 is 0.